The Balaban J connectivity index is 1.24. The summed E-state index contributed by atoms with van der Waals surface area (Å²) in [6, 6.07) is 7.82. The molecule has 1 amide bonds. The molecule has 4 fully saturated rings. The van der Waals surface area contributed by atoms with Gasteiger partial charge in [-0.1, -0.05) is 65.3 Å². The quantitative estimate of drug-likeness (QED) is 0.207. The summed E-state index contributed by atoms with van der Waals surface area (Å²) in [5.41, 5.74) is 2.69. The molecule has 4 saturated carbocycles. The van der Waals surface area contributed by atoms with Crippen LogP contribution in [0.4, 0.5) is 5.69 Å². The Hall–Kier alpha value is -3.22. The van der Waals surface area contributed by atoms with Crippen LogP contribution >= 0.6 is 0 Å². The number of carboxylic acid groups (broad SMARTS) is 1. The van der Waals surface area contributed by atoms with E-state index in [-0.39, 0.29) is 46.4 Å². The summed E-state index contributed by atoms with van der Waals surface area (Å²) in [7, 11) is 0. The van der Waals surface area contributed by atoms with E-state index in [1.807, 2.05) is 31.2 Å². The molecule has 1 aromatic rings. The first kappa shape index (κ1) is 37.5. The molecule has 0 heterocycles. The third kappa shape index (κ3) is 6.33. The molecule has 0 saturated heterocycles. The number of carbonyl (C=O) groups is 4. The molecule has 0 bridgehead atoms. The molecule has 5 aliphatic carbocycles. The van der Waals surface area contributed by atoms with Crippen LogP contribution in [0.15, 0.2) is 47.6 Å². The molecule has 7 nitrogen and oxygen atoms in total. The van der Waals surface area contributed by atoms with Gasteiger partial charge in [-0.25, -0.2) is 0 Å². The van der Waals surface area contributed by atoms with Crippen LogP contribution < -0.4 is 5.32 Å². The Morgan fingerprint density at radius 1 is 0.941 bits per heavy atom. The molecule has 0 radical (unpaired) electrons. The minimum atomic E-state index is -1.16. The van der Waals surface area contributed by atoms with Crippen molar-refractivity contribution in [2.45, 2.75) is 133 Å². The Morgan fingerprint density at radius 3 is 2.25 bits per heavy atom. The maximum atomic E-state index is 13.9. The predicted octanol–water partition coefficient (Wildman–Crippen LogP) is 9.49. The number of hydrogen-bond acceptors (Lipinski definition) is 5. The number of aliphatic carboxylic acids is 1. The first-order valence-corrected chi connectivity index (χ1v) is 19.5. The lowest BCUT2D eigenvalue weighted by Gasteiger charge is -2.68. The fourth-order valence-electron chi connectivity index (χ4n) is 12.4. The number of ketones is 1. The van der Waals surface area contributed by atoms with Crippen LogP contribution in [0.2, 0.25) is 0 Å². The highest BCUT2D eigenvalue weighted by Gasteiger charge is 2.66. The second-order valence-electron chi connectivity index (χ2n) is 19.1. The highest BCUT2D eigenvalue weighted by atomic mass is 16.5. The van der Waals surface area contributed by atoms with Gasteiger partial charge in [-0.3, -0.25) is 19.2 Å². The number of benzene rings is 1. The number of nitrogens with one attached hydrogen (secondary N) is 1. The predicted molar refractivity (Wildman–Crippen MR) is 200 cm³/mol. The van der Waals surface area contributed by atoms with Crippen LogP contribution in [-0.2, 0) is 23.9 Å². The number of esters is 1. The van der Waals surface area contributed by atoms with Gasteiger partial charge < -0.3 is 15.2 Å². The summed E-state index contributed by atoms with van der Waals surface area (Å²) in [6.07, 6.45) is 11.9. The third-order valence-corrected chi connectivity index (χ3v) is 14.9. The van der Waals surface area contributed by atoms with Crippen LogP contribution in [0.1, 0.15) is 125 Å². The summed E-state index contributed by atoms with van der Waals surface area (Å²) in [5, 5.41) is 12.6. The van der Waals surface area contributed by atoms with Crippen molar-refractivity contribution in [3.8, 4) is 0 Å². The van der Waals surface area contributed by atoms with Crippen molar-refractivity contribution in [2.24, 2.45) is 56.7 Å². The molecule has 7 heteroatoms. The summed E-state index contributed by atoms with van der Waals surface area (Å²) in [4.78, 5) is 51.8. The van der Waals surface area contributed by atoms with Crippen LogP contribution in [0.3, 0.4) is 0 Å². The second-order valence-corrected chi connectivity index (χ2v) is 19.1. The Bertz CT molecular complexity index is 1650. The van der Waals surface area contributed by atoms with Crippen LogP contribution in [0.25, 0.3) is 0 Å². The Kier molecular flexibility index (Phi) is 9.58. The van der Waals surface area contributed by atoms with Crippen molar-refractivity contribution < 1.29 is 29.0 Å². The van der Waals surface area contributed by atoms with Crippen LogP contribution in [0.5, 0.6) is 0 Å². The van der Waals surface area contributed by atoms with E-state index in [0.717, 1.165) is 68.2 Å². The SMILES string of the molecule is Cc1ccc(NC(=O)/C=C/C23CCC4C(CCC5C4(C)CCC4C(C)(C)C(OC(=O)CC(C)(C)C(=O)O)CCC45C)C2=C(C(C)C)C(=O)C3)cc1. The molecule has 2 N–H and O–H groups in total. The molecule has 0 aliphatic heterocycles. The molecule has 6 rings (SSSR count). The molecule has 278 valence electrons. The molecule has 8 unspecified atom stereocenters. The van der Waals surface area contributed by atoms with Gasteiger partial charge in [-0.2, -0.15) is 0 Å². The fraction of sp³-hybridized carbons (Fsp3) is 0.682. The first-order chi connectivity index (χ1) is 23.7. The maximum absolute atomic E-state index is 13.9. The van der Waals surface area contributed by atoms with E-state index in [4.69, 9.17) is 4.74 Å². The number of Topliss-reactive ketones (excluding diaryl/α,β-unsaturated/α-hetero) is 1. The zero-order valence-corrected chi connectivity index (χ0v) is 32.5. The normalized spacial score (nSPS) is 35.9. The summed E-state index contributed by atoms with van der Waals surface area (Å²) in [5.74, 6) is 0.546. The zero-order valence-electron chi connectivity index (χ0n) is 32.5. The number of allylic oxidation sites excluding steroid dienone is 3. The van der Waals surface area contributed by atoms with Gasteiger partial charge in [0.15, 0.2) is 5.78 Å². The van der Waals surface area contributed by atoms with E-state index in [2.05, 4.69) is 52.9 Å². The topological polar surface area (TPSA) is 110 Å². The number of rotatable bonds is 8. The lowest BCUT2D eigenvalue weighted by atomic mass is 9.36. The minimum absolute atomic E-state index is 0.0912. The highest BCUT2D eigenvalue weighted by molar-refractivity contribution is 6.02. The molecular formula is C44H61NO6. The van der Waals surface area contributed by atoms with E-state index < -0.39 is 22.8 Å². The standard InChI is InChI=1S/C44H61NO6/c1-26(2)37-31(46)24-44(23-19-35(47)45-28-12-10-27(3)11-13-28)22-16-30-29(38(37)44)14-15-33-42(30,8)20-17-32-41(6,7)34(18-21-43(32,33)9)51-36(48)25-40(4,5)39(49)50/h10-13,19,23,26,29-30,32-34H,14-18,20-22,24-25H2,1-9H3,(H,45,47)(H,49,50)/b23-19+. The third-order valence-electron chi connectivity index (χ3n) is 14.9. The molecular weight excluding hydrogens is 638 g/mol. The average molecular weight is 700 g/mol. The summed E-state index contributed by atoms with van der Waals surface area (Å²) >= 11 is 0. The van der Waals surface area contributed by atoms with Gasteiger partial charge in [0.05, 0.1) is 11.8 Å². The Morgan fingerprint density at radius 2 is 1.61 bits per heavy atom. The zero-order chi connectivity index (χ0) is 37.3. The van der Waals surface area contributed by atoms with Crippen molar-refractivity contribution in [2.75, 3.05) is 5.32 Å². The van der Waals surface area contributed by atoms with Crippen LogP contribution in [-0.4, -0.2) is 34.8 Å². The minimum Gasteiger partial charge on any atom is -0.481 e. The molecule has 1 aromatic carbocycles. The molecule has 0 spiro atoms. The van der Waals surface area contributed by atoms with Gasteiger partial charge in [0.25, 0.3) is 0 Å². The molecule has 5 aliphatic rings. The summed E-state index contributed by atoms with van der Waals surface area (Å²) in [6.45, 7) is 19.1. The van der Waals surface area contributed by atoms with Crippen molar-refractivity contribution >= 4 is 29.3 Å². The van der Waals surface area contributed by atoms with E-state index in [1.165, 1.54) is 5.57 Å². The van der Waals surface area contributed by atoms with Gasteiger partial charge in [0, 0.05) is 29.0 Å². The van der Waals surface area contributed by atoms with E-state index in [1.54, 1.807) is 19.9 Å². The van der Waals surface area contributed by atoms with E-state index in [0.29, 0.717) is 30.1 Å². The molecule has 8 atom stereocenters. The average Bonchev–Trinajstić information content (AvgIpc) is 3.34. The number of fused-ring (bicyclic) bond motifs is 7. The van der Waals surface area contributed by atoms with E-state index >= 15 is 0 Å². The number of carbonyl (C=O) groups excluding carboxylic acids is 3. The number of carboxylic acids is 1. The van der Waals surface area contributed by atoms with Gasteiger partial charge in [-0.15, -0.1) is 0 Å². The summed E-state index contributed by atoms with van der Waals surface area (Å²) < 4.78 is 6.14. The number of anilines is 1. The van der Waals surface area contributed by atoms with Gasteiger partial charge in [0.2, 0.25) is 5.91 Å². The number of amides is 1. The maximum Gasteiger partial charge on any atom is 0.309 e. The van der Waals surface area contributed by atoms with E-state index in [9.17, 15) is 24.3 Å². The number of hydrogen-bond donors (Lipinski definition) is 2. The fourth-order valence-corrected chi connectivity index (χ4v) is 12.4. The lowest BCUT2D eigenvalue weighted by molar-refractivity contribution is -0.213. The first-order valence-electron chi connectivity index (χ1n) is 19.5. The van der Waals surface area contributed by atoms with Gasteiger partial charge in [0.1, 0.15) is 6.10 Å². The van der Waals surface area contributed by atoms with Crippen molar-refractivity contribution in [3.63, 3.8) is 0 Å². The molecule has 0 aromatic heterocycles. The molecule has 51 heavy (non-hydrogen) atoms. The second kappa shape index (κ2) is 13.0. The number of ether oxygens (including phenoxy) is 1. The van der Waals surface area contributed by atoms with Gasteiger partial charge in [-0.05, 0) is 136 Å². The van der Waals surface area contributed by atoms with Crippen LogP contribution in [0, 0.1) is 63.6 Å². The lowest BCUT2D eigenvalue weighted by Crippen LogP contribution is -2.63. The highest BCUT2D eigenvalue weighted by Crippen LogP contribution is 2.73. The monoisotopic (exact) mass is 699 g/mol. The number of aryl methyl sites for hydroxylation is 1. The smallest absolute Gasteiger partial charge is 0.309 e. The van der Waals surface area contributed by atoms with Crippen molar-refractivity contribution in [3.05, 3.63) is 53.1 Å². The Labute approximate surface area is 305 Å². The van der Waals surface area contributed by atoms with Gasteiger partial charge >= 0.3 is 11.9 Å². The largest absolute Gasteiger partial charge is 0.481 e. The van der Waals surface area contributed by atoms with Crippen molar-refractivity contribution in [1.29, 1.82) is 0 Å². The van der Waals surface area contributed by atoms with Crippen molar-refractivity contribution in [1.82, 2.24) is 0 Å².